The van der Waals surface area contributed by atoms with Gasteiger partial charge in [0.05, 0.1) is 10.9 Å². The van der Waals surface area contributed by atoms with Crippen LogP contribution >= 0.6 is 11.3 Å². The third-order valence-electron chi connectivity index (χ3n) is 5.17. The predicted octanol–water partition coefficient (Wildman–Crippen LogP) is 4.18. The summed E-state index contributed by atoms with van der Waals surface area (Å²) in [7, 11) is 0. The molecule has 0 amide bonds. The van der Waals surface area contributed by atoms with Crippen molar-refractivity contribution >= 4 is 16.3 Å². The van der Waals surface area contributed by atoms with Gasteiger partial charge in [0.15, 0.2) is 0 Å². The number of thiazole rings is 1. The average Bonchev–Trinajstić information content (AvgIpc) is 3.05. The van der Waals surface area contributed by atoms with E-state index in [2.05, 4.69) is 60.0 Å². The molecule has 1 saturated heterocycles. The lowest BCUT2D eigenvalue weighted by atomic mass is 9.89. The second-order valence-electron chi connectivity index (χ2n) is 7.86. The Morgan fingerprint density at radius 3 is 2.58 bits per heavy atom. The van der Waals surface area contributed by atoms with Crippen LogP contribution in [0.3, 0.4) is 0 Å². The van der Waals surface area contributed by atoms with E-state index in [1.165, 1.54) is 17.5 Å². The van der Waals surface area contributed by atoms with Gasteiger partial charge >= 0.3 is 0 Å². The average molecular weight is 371 g/mol. The Hall–Kier alpha value is -1.92. The summed E-state index contributed by atoms with van der Waals surface area (Å²) in [4.78, 5) is 8.67. The first-order valence-electron chi connectivity index (χ1n) is 9.28. The molecular formula is C20H26N4OS. The maximum atomic E-state index is 10.9. The van der Waals surface area contributed by atoms with Gasteiger partial charge in [-0.15, -0.1) is 5.10 Å². The van der Waals surface area contributed by atoms with Gasteiger partial charge in [-0.2, -0.15) is 4.52 Å². The van der Waals surface area contributed by atoms with E-state index in [1.807, 2.05) is 6.92 Å². The molecule has 3 atom stereocenters. The second-order valence-corrected chi connectivity index (χ2v) is 8.87. The van der Waals surface area contributed by atoms with Gasteiger partial charge in [-0.1, -0.05) is 55.0 Å². The van der Waals surface area contributed by atoms with Gasteiger partial charge in [-0.05, 0) is 37.7 Å². The molecule has 0 aliphatic carbocycles. The summed E-state index contributed by atoms with van der Waals surface area (Å²) >= 11 is 1.55. The first-order chi connectivity index (χ1) is 12.4. The molecule has 4 rings (SSSR count). The molecule has 1 fully saturated rings. The lowest BCUT2D eigenvalue weighted by Gasteiger charge is -2.40. The Morgan fingerprint density at radius 1 is 1.19 bits per heavy atom. The first kappa shape index (κ1) is 17.5. The molecule has 1 aliphatic heterocycles. The van der Waals surface area contributed by atoms with Crippen molar-refractivity contribution < 1.29 is 5.11 Å². The van der Waals surface area contributed by atoms with Gasteiger partial charge in [0.1, 0.15) is 5.82 Å². The maximum absolute atomic E-state index is 10.9. The van der Waals surface area contributed by atoms with E-state index < -0.39 is 0 Å². The minimum atomic E-state index is 0.0360. The predicted molar refractivity (Wildman–Crippen MR) is 105 cm³/mol. The zero-order chi connectivity index (χ0) is 18.4. The third kappa shape index (κ3) is 3.12. The van der Waals surface area contributed by atoms with Gasteiger partial charge in [0, 0.05) is 13.1 Å². The van der Waals surface area contributed by atoms with Gasteiger partial charge < -0.3 is 5.11 Å². The Morgan fingerprint density at radius 2 is 1.92 bits per heavy atom. The number of piperidine rings is 1. The van der Waals surface area contributed by atoms with Crippen molar-refractivity contribution in [2.75, 3.05) is 13.1 Å². The summed E-state index contributed by atoms with van der Waals surface area (Å²) in [5.41, 5.74) is 2.46. The van der Waals surface area contributed by atoms with E-state index in [4.69, 9.17) is 0 Å². The molecule has 6 heteroatoms. The molecule has 2 aromatic heterocycles. The summed E-state index contributed by atoms with van der Waals surface area (Å²) in [6.45, 7) is 10.7. The number of benzene rings is 1. The number of aromatic hydroxyl groups is 1. The smallest absolute Gasteiger partial charge is 0.230 e. The highest BCUT2D eigenvalue weighted by molar-refractivity contribution is 7.17. The Labute approximate surface area is 158 Å². The Kier molecular flexibility index (Phi) is 4.49. The molecule has 3 aromatic rings. The Balaban J connectivity index is 1.84. The fourth-order valence-corrected chi connectivity index (χ4v) is 5.48. The van der Waals surface area contributed by atoms with Crippen LogP contribution in [0.25, 0.3) is 4.96 Å². The minimum absolute atomic E-state index is 0.0360. The van der Waals surface area contributed by atoms with E-state index in [9.17, 15) is 5.11 Å². The first-order valence-corrected chi connectivity index (χ1v) is 10.1. The lowest BCUT2D eigenvalue weighted by molar-refractivity contribution is 0.112. The van der Waals surface area contributed by atoms with Crippen molar-refractivity contribution in [3.05, 3.63) is 46.1 Å². The number of fused-ring (bicyclic) bond motifs is 1. The van der Waals surface area contributed by atoms with Crippen molar-refractivity contribution in [2.45, 2.75) is 40.2 Å². The van der Waals surface area contributed by atoms with Gasteiger partial charge in [-0.3, -0.25) is 4.90 Å². The van der Waals surface area contributed by atoms with Crippen LogP contribution in [0.2, 0.25) is 0 Å². The molecule has 1 aliphatic rings. The molecular weight excluding hydrogens is 344 g/mol. The monoisotopic (exact) mass is 370 g/mol. The van der Waals surface area contributed by atoms with E-state index in [0.29, 0.717) is 17.7 Å². The van der Waals surface area contributed by atoms with Crippen molar-refractivity contribution in [3.8, 4) is 5.88 Å². The molecule has 0 unspecified atom stereocenters. The van der Waals surface area contributed by atoms with Crippen LogP contribution in [0, 0.1) is 25.7 Å². The van der Waals surface area contributed by atoms with E-state index >= 15 is 0 Å². The minimum Gasteiger partial charge on any atom is -0.492 e. The normalized spacial score (nSPS) is 22.8. The van der Waals surface area contributed by atoms with E-state index in [0.717, 1.165) is 22.9 Å². The standard InChI is InChI=1S/C20H26N4OS/c1-12-6-5-7-16(9-12)17(23-10-13(2)8-14(3)11-23)18-19(25)24-20(26-18)21-15(4)22-24/h5-7,9,13-14,17,25H,8,10-11H2,1-4H3/t13-,14-,17-/m0/s1. The van der Waals surface area contributed by atoms with Crippen molar-refractivity contribution in [1.82, 2.24) is 19.5 Å². The zero-order valence-corrected chi connectivity index (χ0v) is 16.6. The topological polar surface area (TPSA) is 53.7 Å². The van der Waals surface area contributed by atoms with Crippen LogP contribution in [0.4, 0.5) is 0 Å². The highest BCUT2D eigenvalue weighted by atomic mass is 32.1. The van der Waals surface area contributed by atoms with Crippen LogP contribution < -0.4 is 0 Å². The molecule has 0 saturated carbocycles. The van der Waals surface area contributed by atoms with Gasteiger partial charge in [0.2, 0.25) is 10.8 Å². The molecule has 5 nitrogen and oxygen atoms in total. The fourth-order valence-electron chi connectivity index (χ4n) is 4.32. The van der Waals surface area contributed by atoms with Gasteiger partial charge in [0.25, 0.3) is 0 Å². The zero-order valence-electron chi connectivity index (χ0n) is 15.8. The van der Waals surface area contributed by atoms with Crippen molar-refractivity contribution in [1.29, 1.82) is 0 Å². The molecule has 1 aromatic carbocycles. The molecule has 0 radical (unpaired) electrons. The van der Waals surface area contributed by atoms with Crippen molar-refractivity contribution in [2.24, 2.45) is 11.8 Å². The lowest BCUT2D eigenvalue weighted by Crippen LogP contribution is -2.41. The molecule has 138 valence electrons. The number of likely N-dealkylation sites (tertiary alicyclic amines) is 1. The summed E-state index contributed by atoms with van der Waals surface area (Å²) in [5, 5.41) is 15.3. The summed E-state index contributed by atoms with van der Waals surface area (Å²) in [6.07, 6.45) is 1.26. The van der Waals surface area contributed by atoms with Crippen LogP contribution in [0.15, 0.2) is 24.3 Å². The van der Waals surface area contributed by atoms with Crippen LogP contribution in [0.1, 0.15) is 48.1 Å². The number of aryl methyl sites for hydroxylation is 2. The number of aromatic nitrogens is 3. The van der Waals surface area contributed by atoms with Crippen LogP contribution in [0.5, 0.6) is 5.88 Å². The van der Waals surface area contributed by atoms with Crippen LogP contribution in [-0.2, 0) is 0 Å². The molecule has 26 heavy (non-hydrogen) atoms. The molecule has 3 heterocycles. The van der Waals surface area contributed by atoms with E-state index in [1.54, 1.807) is 15.9 Å². The van der Waals surface area contributed by atoms with Gasteiger partial charge in [-0.25, -0.2) is 4.98 Å². The SMILES string of the molecule is Cc1cccc([C@@H](c2sc3nc(C)nn3c2O)N2C[C@@H](C)C[C@H](C)C2)c1. The number of hydrogen-bond acceptors (Lipinski definition) is 5. The summed E-state index contributed by atoms with van der Waals surface area (Å²) in [6, 6.07) is 8.66. The molecule has 0 spiro atoms. The highest BCUT2D eigenvalue weighted by Gasteiger charge is 2.33. The van der Waals surface area contributed by atoms with Crippen molar-refractivity contribution in [3.63, 3.8) is 0 Å². The Bertz CT molecular complexity index is 921. The summed E-state index contributed by atoms with van der Waals surface area (Å²) < 4.78 is 1.58. The van der Waals surface area contributed by atoms with E-state index in [-0.39, 0.29) is 11.9 Å². The fraction of sp³-hybridized carbons (Fsp3) is 0.500. The highest BCUT2D eigenvalue weighted by Crippen LogP contribution is 2.42. The molecule has 1 N–H and O–H groups in total. The maximum Gasteiger partial charge on any atom is 0.230 e. The third-order valence-corrected chi connectivity index (χ3v) is 6.25. The number of rotatable bonds is 3. The summed E-state index contributed by atoms with van der Waals surface area (Å²) in [5.74, 6) is 2.21. The van der Waals surface area contributed by atoms with Crippen LogP contribution in [-0.4, -0.2) is 37.7 Å². The second kappa shape index (κ2) is 6.67. The number of nitrogens with zero attached hydrogens (tertiary/aromatic N) is 4. The largest absolute Gasteiger partial charge is 0.492 e. The number of hydrogen-bond donors (Lipinski definition) is 1. The molecule has 0 bridgehead atoms. The quantitative estimate of drug-likeness (QED) is 0.751.